The molecule has 5 heteroatoms. The number of methoxy groups -OCH3 is 1. The van der Waals surface area contributed by atoms with Gasteiger partial charge in [-0.15, -0.1) is 11.3 Å². The van der Waals surface area contributed by atoms with Crippen LogP contribution >= 0.6 is 11.3 Å². The van der Waals surface area contributed by atoms with E-state index < -0.39 is 0 Å². The summed E-state index contributed by atoms with van der Waals surface area (Å²) in [5, 5.41) is 5.52. The number of anilines is 1. The van der Waals surface area contributed by atoms with Gasteiger partial charge in [0, 0.05) is 26.5 Å². The lowest BCUT2D eigenvalue weighted by Crippen LogP contribution is -2.40. The third kappa shape index (κ3) is 2.26. The standard InChI is InChI=1S/C17H17N3OS/c1-21-17(8-12-4-2-3-5-13(12)9-17)10-18-16-15-14(6-7-22-15)19-11-20-16/h2-7,11H,8-10H2,1H3,(H,18,19,20). The number of nitrogens with one attached hydrogen (secondary N) is 1. The van der Waals surface area contributed by atoms with Gasteiger partial charge in [0.1, 0.15) is 12.1 Å². The molecule has 1 N–H and O–H groups in total. The summed E-state index contributed by atoms with van der Waals surface area (Å²) in [6.45, 7) is 0.738. The lowest BCUT2D eigenvalue weighted by atomic mass is 10.00. The van der Waals surface area contributed by atoms with Crippen molar-refractivity contribution in [1.82, 2.24) is 9.97 Å². The second kappa shape index (κ2) is 5.34. The number of hydrogen-bond donors (Lipinski definition) is 1. The molecule has 0 radical (unpaired) electrons. The van der Waals surface area contributed by atoms with Crippen LogP contribution in [0.4, 0.5) is 5.82 Å². The maximum atomic E-state index is 5.89. The van der Waals surface area contributed by atoms with E-state index in [0.717, 1.165) is 35.4 Å². The van der Waals surface area contributed by atoms with E-state index in [9.17, 15) is 0 Å². The molecule has 22 heavy (non-hydrogen) atoms. The van der Waals surface area contributed by atoms with Crippen LogP contribution < -0.4 is 5.32 Å². The van der Waals surface area contributed by atoms with Crippen molar-refractivity contribution in [3.05, 3.63) is 53.2 Å². The zero-order valence-corrected chi connectivity index (χ0v) is 13.2. The quantitative estimate of drug-likeness (QED) is 0.803. The Morgan fingerprint density at radius 1 is 1.18 bits per heavy atom. The third-order valence-corrected chi connectivity index (χ3v) is 5.31. The molecule has 0 saturated heterocycles. The number of rotatable bonds is 4. The molecule has 0 saturated carbocycles. The van der Waals surface area contributed by atoms with E-state index in [1.165, 1.54) is 11.1 Å². The minimum atomic E-state index is -0.196. The summed E-state index contributed by atoms with van der Waals surface area (Å²) in [5.74, 6) is 0.896. The van der Waals surface area contributed by atoms with E-state index in [2.05, 4.69) is 39.6 Å². The second-order valence-corrected chi connectivity index (χ2v) is 6.64. The van der Waals surface area contributed by atoms with Crippen molar-refractivity contribution in [2.75, 3.05) is 19.0 Å². The Balaban J connectivity index is 1.57. The fraction of sp³-hybridized carbons (Fsp3) is 0.294. The van der Waals surface area contributed by atoms with Gasteiger partial charge in [-0.3, -0.25) is 0 Å². The number of thiophene rings is 1. The van der Waals surface area contributed by atoms with Crippen LogP contribution in [0.2, 0.25) is 0 Å². The molecule has 4 rings (SSSR count). The molecule has 3 aromatic rings. The Morgan fingerprint density at radius 2 is 1.95 bits per heavy atom. The number of ether oxygens (including phenoxy) is 1. The van der Waals surface area contributed by atoms with Crippen molar-refractivity contribution < 1.29 is 4.74 Å². The Bertz CT molecular complexity index is 789. The van der Waals surface area contributed by atoms with Crippen LogP contribution in [0.3, 0.4) is 0 Å². The highest BCUT2D eigenvalue weighted by Gasteiger charge is 2.37. The molecule has 0 bridgehead atoms. The molecular weight excluding hydrogens is 294 g/mol. The summed E-state index contributed by atoms with van der Waals surface area (Å²) in [6.07, 6.45) is 3.48. The van der Waals surface area contributed by atoms with Gasteiger partial charge < -0.3 is 10.1 Å². The Hall–Kier alpha value is -1.98. The second-order valence-electron chi connectivity index (χ2n) is 5.72. The minimum Gasteiger partial charge on any atom is -0.376 e. The van der Waals surface area contributed by atoms with Crippen LogP contribution in [0.15, 0.2) is 42.0 Å². The number of hydrogen-bond acceptors (Lipinski definition) is 5. The molecule has 1 aromatic carbocycles. The zero-order valence-electron chi connectivity index (χ0n) is 12.4. The topological polar surface area (TPSA) is 47.0 Å². The van der Waals surface area contributed by atoms with Gasteiger partial charge in [-0.25, -0.2) is 9.97 Å². The largest absolute Gasteiger partial charge is 0.376 e. The Kier molecular flexibility index (Phi) is 3.32. The number of fused-ring (bicyclic) bond motifs is 2. The first-order chi connectivity index (χ1) is 10.8. The van der Waals surface area contributed by atoms with Crippen molar-refractivity contribution in [2.45, 2.75) is 18.4 Å². The predicted molar refractivity (Wildman–Crippen MR) is 89.5 cm³/mol. The molecule has 0 aliphatic heterocycles. The SMILES string of the molecule is COC1(CNc2ncnc3ccsc23)Cc2ccccc2C1. The molecule has 1 aliphatic rings. The summed E-state index contributed by atoms with van der Waals surface area (Å²) >= 11 is 1.66. The smallest absolute Gasteiger partial charge is 0.147 e. The molecule has 0 atom stereocenters. The van der Waals surface area contributed by atoms with Crippen molar-refractivity contribution >= 4 is 27.4 Å². The van der Waals surface area contributed by atoms with Gasteiger partial charge in [-0.2, -0.15) is 0 Å². The first-order valence-electron chi connectivity index (χ1n) is 7.34. The van der Waals surface area contributed by atoms with E-state index in [4.69, 9.17) is 4.74 Å². The van der Waals surface area contributed by atoms with Crippen LogP contribution in [0.1, 0.15) is 11.1 Å². The minimum absolute atomic E-state index is 0.196. The first-order valence-corrected chi connectivity index (χ1v) is 8.22. The van der Waals surface area contributed by atoms with Crippen LogP contribution in [0.25, 0.3) is 10.2 Å². The average Bonchev–Trinajstić information content (AvgIpc) is 3.17. The molecule has 112 valence electrons. The molecular formula is C17H17N3OS. The Labute approximate surface area is 133 Å². The summed E-state index contributed by atoms with van der Waals surface area (Å²) in [6, 6.07) is 10.6. The van der Waals surface area contributed by atoms with Gasteiger partial charge in [0.15, 0.2) is 0 Å². The van der Waals surface area contributed by atoms with E-state index >= 15 is 0 Å². The Morgan fingerprint density at radius 3 is 2.68 bits per heavy atom. The molecule has 2 heterocycles. The summed E-state index contributed by atoms with van der Waals surface area (Å²) in [4.78, 5) is 8.67. The van der Waals surface area contributed by atoms with Crippen LogP contribution in [-0.4, -0.2) is 29.2 Å². The normalized spacial score (nSPS) is 15.9. The van der Waals surface area contributed by atoms with Crippen LogP contribution in [-0.2, 0) is 17.6 Å². The average molecular weight is 311 g/mol. The van der Waals surface area contributed by atoms with Crippen LogP contribution in [0, 0.1) is 0 Å². The van der Waals surface area contributed by atoms with Crippen LogP contribution in [0.5, 0.6) is 0 Å². The van der Waals surface area contributed by atoms with Crippen molar-refractivity contribution in [3.8, 4) is 0 Å². The maximum Gasteiger partial charge on any atom is 0.147 e. The lowest BCUT2D eigenvalue weighted by molar-refractivity contribution is 0.0103. The van der Waals surface area contributed by atoms with E-state index in [0.29, 0.717) is 0 Å². The fourth-order valence-corrected chi connectivity index (χ4v) is 3.97. The molecule has 0 amide bonds. The first kappa shape index (κ1) is 13.7. The molecule has 4 nitrogen and oxygen atoms in total. The van der Waals surface area contributed by atoms with Gasteiger partial charge in [0.25, 0.3) is 0 Å². The highest BCUT2D eigenvalue weighted by molar-refractivity contribution is 7.17. The lowest BCUT2D eigenvalue weighted by Gasteiger charge is -2.28. The molecule has 0 fully saturated rings. The van der Waals surface area contributed by atoms with Gasteiger partial charge in [0.2, 0.25) is 0 Å². The number of nitrogens with zero attached hydrogens (tertiary/aromatic N) is 2. The number of benzene rings is 1. The summed E-state index contributed by atoms with van der Waals surface area (Å²) < 4.78 is 7.00. The predicted octanol–water partition coefficient (Wildman–Crippen LogP) is 3.29. The van der Waals surface area contributed by atoms with Crippen molar-refractivity contribution in [3.63, 3.8) is 0 Å². The van der Waals surface area contributed by atoms with Gasteiger partial charge in [-0.05, 0) is 22.6 Å². The third-order valence-electron chi connectivity index (χ3n) is 4.40. The van der Waals surface area contributed by atoms with Gasteiger partial charge >= 0.3 is 0 Å². The van der Waals surface area contributed by atoms with Gasteiger partial charge in [-0.1, -0.05) is 24.3 Å². The van der Waals surface area contributed by atoms with Gasteiger partial charge in [0.05, 0.1) is 15.8 Å². The fourth-order valence-electron chi connectivity index (χ4n) is 3.16. The highest BCUT2D eigenvalue weighted by Crippen LogP contribution is 2.33. The molecule has 2 aromatic heterocycles. The van der Waals surface area contributed by atoms with E-state index in [1.54, 1.807) is 24.8 Å². The van der Waals surface area contributed by atoms with Crippen molar-refractivity contribution in [1.29, 1.82) is 0 Å². The maximum absolute atomic E-state index is 5.89. The summed E-state index contributed by atoms with van der Waals surface area (Å²) in [7, 11) is 1.80. The number of aromatic nitrogens is 2. The van der Waals surface area contributed by atoms with E-state index in [1.807, 2.05) is 11.4 Å². The zero-order chi connectivity index (χ0) is 15.0. The molecule has 1 aliphatic carbocycles. The molecule has 0 spiro atoms. The summed E-state index contributed by atoms with van der Waals surface area (Å²) in [5.41, 5.74) is 3.56. The van der Waals surface area contributed by atoms with Crippen molar-refractivity contribution in [2.24, 2.45) is 0 Å². The molecule has 0 unspecified atom stereocenters. The highest BCUT2D eigenvalue weighted by atomic mass is 32.1. The monoisotopic (exact) mass is 311 g/mol. The van der Waals surface area contributed by atoms with E-state index in [-0.39, 0.29) is 5.60 Å².